The second-order valence-electron chi connectivity index (χ2n) is 6.43. The highest BCUT2D eigenvalue weighted by Gasteiger charge is 2.37. The lowest BCUT2D eigenvalue weighted by molar-refractivity contribution is 0.0908. The smallest absolute Gasteiger partial charge is 0.0103 e. The third-order valence-corrected chi connectivity index (χ3v) is 4.68. The Hall–Kier alpha value is -0.0400. The van der Waals surface area contributed by atoms with Crippen LogP contribution in [-0.2, 0) is 0 Å². The van der Waals surface area contributed by atoms with Gasteiger partial charge in [-0.05, 0) is 43.1 Å². The Kier molecular flexibility index (Phi) is 5.30. The monoisotopic (exact) mass is 225 g/mol. The molecule has 0 aromatic heterocycles. The van der Waals surface area contributed by atoms with Crippen molar-refractivity contribution in [1.82, 2.24) is 5.32 Å². The van der Waals surface area contributed by atoms with Crippen LogP contribution in [-0.4, -0.2) is 12.6 Å². The normalized spacial score (nSPS) is 31.7. The number of nitrogens with one attached hydrogen (secondary N) is 1. The van der Waals surface area contributed by atoms with Gasteiger partial charge in [-0.3, -0.25) is 0 Å². The third kappa shape index (κ3) is 3.48. The quantitative estimate of drug-likeness (QED) is 0.738. The molecule has 3 atom stereocenters. The van der Waals surface area contributed by atoms with E-state index in [9.17, 15) is 0 Å². The van der Waals surface area contributed by atoms with E-state index in [0.29, 0.717) is 5.41 Å². The molecule has 1 nitrogen and oxygen atoms in total. The zero-order valence-electron chi connectivity index (χ0n) is 12.0. The molecular formula is C15H31N. The molecular weight excluding hydrogens is 194 g/mol. The predicted molar refractivity (Wildman–Crippen MR) is 72.7 cm³/mol. The van der Waals surface area contributed by atoms with Crippen LogP contribution in [0, 0.1) is 17.3 Å². The maximum Gasteiger partial charge on any atom is 0.0103 e. The van der Waals surface area contributed by atoms with Gasteiger partial charge in [-0.15, -0.1) is 0 Å². The number of hydrogen-bond acceptors (Lipinski definition) is 1. The van der Waals surface area contributed by atoms with Crippen molar-refractivity contribution in [3.8, 4) is 0 Å². The molecule has 0 heterocycles. The van der Waals surface area contributed by atoms with Gasteiger partial charge in [0.15, 0.2) is 0 Å². The van der Waals surface area contributed by atoms with Crippen LogP contribution in [0.2, 0.25) is 0 Å². The van der Waals surface area contributed by atoms with Crippen molar-refractivity contribution in [3.05, 3.63) is 0 Å². The average Bonchev–Trinajstić information content (AvgIpc) is 2.26. The number of rotatable bonds is 5. The molecule has 0 amide bonds. The second-order valence-corrected chi connectivity index (χ2v) is 6.43. The summed E-state index contributed by atoms with van der Waals surface area (Å²) in [6, 6.07) is 0.763. The summed E-state index contributed by atoms with van der Waals surface area (Å²) in [5.41, 5.74) is 0.506. The molecule has 1 heteroatoms. The van der Waals surface area contributed by atoms with Gasteiger partial charge in [0.05, 0.1) is 0 Å². The average molecular weight is 225 g/mol. The first-order valence-corrected chi connectivity index (χ1v) is 7.24. The maximum atomic E-state index is 3.79. The first-order valence-electron chi connectivity index (χ1n) is 7.24. The summed E-state index contributed by atoms with van der Waals surface area (Å²) in [6.07, 6.45) is 6.79. The van der Waals surface area contributed by atoms with Crippen LogP contribution in [0.25, 0.3) is 0 Å². The summed E-state index contributed by atoms with van der Waals surface area (Å²) in [6.45, 7) is 13.1. The summed E-state index contributed by atoms with van der Waals surface area (Å²) in [4.78, 5) is 0. The van der Waals surface area contributed by atoms with Gasteiger partial charge in [0, 0.05) is 6.04 Å². The Morgan fingerprint density at radius 2 is 1.88 bits per heavy atom. The molecule has 1 aliphatic rings. The molecule has 0 aromatic carbocycles. The van der Waals surface area contributed by atoms with Crippen LogP contribution < -0.4 is 5.32 Å². The van der Waals surface area contributed by atoms with Crippen molar-refractivity contribution in [3.63, 3.8) is 0 Å². The Morgan fingerprint density at radius 3 is 2.44 bits per heavy atom. The van der Waals surface area contributed by atoms with Crippen molar-refractivity contribution in [1.29, 1.82) is 0 Å². The van der Waals surface area contributed by atoms with E-state index in [-0.39, 0.29) is 0 Å². The first kappa shape index (κ1) is 14.0. The van der Waals surface area contributed by atoms with E-state index in [1.54, 1.807) is 0 Å². The molecule has 16 heavy (non-hydrogen) atoms. The standard InChI is InChI=1S/C15H31N/c1-6-10-16-14-11-12(3)8-9-13(14)15(4,5)7-2/h12-14,16H,6-11H2,1-5H3. The Bertz CT molecular complexity index is 198. The number of hydrogen-bond donors (Lipinski definition) is 1. The van der Waals surface area contributed by atoms with E-state index in [2.05, 4.69) is 39.9 Å². The van der Waals surface area contributed by atoms with Gasteiger partial charge >= 0.3 is 0 Å². The van der Waals surface area contributed by atoms with Crippen LogP contribution in [0.15, 0.2) is 0 Å². The Morgan fingerprint density at radius 1 is 1.19 bits per heavy atom. The summed E-state index contributed by atoms with van der Waals surface area (Å²) >= 11 is 0. The zero-order valence-corrected chi connectivity index (χ0v) is 12.0. The molecule has 0 aliphatic heterocycles. The Balaban J connectivity index is 2.64. The summed E-state index contributed by atoms with van der Waals surface area (Å²) in [5, 5.41) is 3.79. The van der Waals surface area contributed by atoms with Crippen molar-refractivity contribution in [2.24, 2.45) is 17.3 Å². The van der Waals surface area contributed by atoms with Crippen molar-refractivity contribution < 1.29 is 0 Å². The molecule has 0 radical (unpaired) electrons. The van der Waals surface area contributed by atoms with Crippen molar-refractivity contribution in [2.45, 2.75) is 72.8 Å². The van der Waals surface area contributed by atoms with Gasteiger partial charge in [0.1, 0.15) is 0 Å². The largest absolute Gasteiger partial charge is 0.314 e. The van der Waals surface area contributed by atoms with Gasteiger partial charge in [0.2, 0.25) is 0 Å². The molecule has 1 saturated carbocycles. The van der Waals surface area contributed by atoms with E-state index in [1.165, 1.54) is 38.6 Å². The van der Waals surface area contributed by atoms with Crippen LogP contribution in [0.5, 0.6) is 0 Å². The van der Waals surface area contributed by atoms with E-state index < -0.39 is 0 Å². The van der Waals surface area contributed by atoms with E-state index >= 15 is 0 Å². The minimum Gasteiger partial charge on any atom is -0.314 e. The highest BCUT2D eigenvalue weighted by molar-refractivity contribution is 4.91. The minimum atomic E-state index is 0.506. The fourth-order valence-corrected chi connectivity index (χ4v) is 3.13. The van der Waals surface area contributed by atoms with Crippen LogP contribution in [0.3, 0.4) is 0 Å². The van der Waals surface area contributed by atoms with E-state index in [4.69, 9.17) is 0 Å². The van der Waals surface area contributed by atoms with Crippen molar-refractivity contribution >= 4 is 0 Å². The van der Waals surface area contributed by atoms with Gasteiger partial charge < -0.3 is 5.32 Å². The van der Waals surface area contributed by atoms with Crippen LogP contribution >= 0.6 is 0 Å². The summed E-state index contributed by atoms with van der Waals surface area (Å²) in [7, 11) is 0. The lowest BCUT2D eigenvalue weighted by Crippen LogP contribution is -2.46. The molecule has 1 N–H and O–H groups in total. The van der Waals surface area contributed by atoms with Crippen LogP contribution in [0.1, 0.15) is 66.7 Å². The van der Waals surface area contributed by atoms with Gasteiger partial charge in [0.25, 0.3) is 0 Å². The van der Waals surface area contributed by atoms with Gasteiger partial charge in [-0.1, -0.05) is 47.5 Å². The van der Waals surface area contributed by atoms with Crippen LogP contribution in [0.4, 0.5) is 0 Å². The van der Waals surface area contributed by atoms with Gasteiger partial charge in [-0.25, -0.2) is 0 Å². The highest BCUT2D eigenvalue weighted by Crippen LogP contribution is 2.42. The third-order valence-electron chi connectivity index (χ3n) is 4.68. The minimum absolute atomic E-state index is 0.506. The first-order chi connectivity index (χ1) is 7.51. The van der Waals surface area contributed by atoms with Gasteiger partial charge in [-0.2, -0.15) is 0 Å². The zero-order chi connectivity index (χ0) is 12.2. The fourth-order valence-electron chi connectivity index (χ4n) is 3.13. The fraction of sp³-hybridized carbons (Fsp3) is 1.00. The molecule has 0 spiro atoms. The second kappa shape index (κ2) is 6.05. The molecule has 1 fully saturated rings. The lowest BCUT2D eigenvalue weighted by atomic mass is 9.65. The highest BCUT2D eigenvalue weighted by atomic mass is 14.9. The maximum absolute atomic E-state index is 3.79. The van der Waals surface area contributed by atoms with Crippen molar-refractivity contribution in [2.75, 3.05) is 6.54 Å². The van der Waals surface area contributed by atoms with E-state index in [0.717, 1.165) is 17.9 Å². The molecule has 0 aromatic rings. The molecule has 96 valence electrons. The Labute approximate surface area is 102 Å². The molecule has 0 saturated heterocycles. The molecule has 0 bridgehead atoms. The summed E-state index contributed by atoms with van der Waals surface area (Å²) < 4.78 is 0. The SMILES string of the molecule is CCCNC1CC(C)CCC1C(C)(C)CC. The predicted octanol–water partition coefficient (Wildman–Crippen LogP) is 4.23. The topological polar surface area (TPSA) is 12.0 Å². The summed E-state index contributed by atoms with van der Waals surface area (Å²) in [5.74, 6) is 1.79. The lowest BCUT2D eigenvalue weighted by Gasteiger charge is -2.44. The van der Waals surface area contributed by atoms with E-state index in [1.807, 2.05) is 0 Å². The molecule has 3 unspecified atom stereocenters. The molecule has 1 aliphatic carbocycles. The molecule has 1 rings (SSSR count).